The van der Waals surface area contributed by atoms with Gasteiger partial charge in [-0.25, -0.2) is 9.67 Å². The number of halogens is 3. The predicted octanol–water partition coefficient (Wildman–Crippen LogP) is 3.16. The van der Waals surface area contributed by atoms with Crippen LogP contribution in [0.1, 0.15) is 49.4 Å². The Balaban J connectivity index is 0.00000507. The summed E-state index contributed by atoms with van der Waals surface area (Å²) >= 11 is 0. The van der Waals surface area contributed by atoms with Crippen molar-refractivity contribution >= 4 is 49.8 Å². The first-order valence-corrected chi connectivity index (χ1v) is 11.3. The molecule has 3 aromatic rings. The van der Waals surface area contributed by atoms with Crippen LogP contribution < -0.4 is 4.74 Å². The molecular formula is C25H29CaF3N4O5. The van der Waals surface area contributed by atoms with Gasteiger partial charge in [-0.15, -0.1) is 0 Å². The molecule has 0 radical (unpaired) electrons. The van der Waals surface area contributed by atoms with Crippen molar-refractivity contribution in [2.75, 3.05) is 7.11 Å². The number of carbonyl (C=O) groups is 1. The van der Waals surface area contributed by atoms with Crippen molar-refractivity contribution in [1.29, 1.82) is 0 Å². The SMILES string of the molecule is COc1nccc(-n2nc(C(C)C)c(/C=C/[C@@H](O)C[C@@H](O)CC(=O)O)c2-c2cccc(C(F)(F)F)c2)n1.[CaH2]. The van der Waals surface area contributed by atoms with E-state index in [4.69, 9.17) is 9.84 Å². The molecule has 0 spiro atoms. The van der Waals surface area contributed by atoms with Gasteiger partial charge in [0.15, 0.2) is 5.82 Å². The molecule has 2 aromatic heterocycles. The number of aromatic nitrogens is 4. The molecule has 38 heavy (non-hydrogen) atoms. The first kappa shape index (κ1) is 31.7. The second-order valence-electron chi connectivity index (χ2n) is 8.61. The van der Waals surface area contributed by atoms with Crippen LogP contribution in [0.4, 0.5) is 13.2 Å². The zero-order valence-corrected chi connectivity index (χ0v) is 20.3. The van der Waals surface area contributed by atoms with Crippen LogP contribution in [-0.2, 0) is 11.0 Å². The molecule has 0 amide bonds. The molecule has 13 heteroatoms. The van der Waals surface area contributed by atoms with Crippen LogP contribution in [0, 0.1) is 0 Å². The summed E-state index contributed by atoms with van der Waals surface area (Å²) in [5.41, 5.74) is 0.575. The Bertz CT molecular complexity index is 1280. The van der Waals surface area contributed by atoms with Gasteiger partial charge in [0.2, 0.25) is 0 Å². The fourth-order valence-electron chi connectivity index (χ4n) is 3.72. The Kier molecular flexibility index (Phi) is 11.3. The van der Waals surface area contributed by atoms with Crippen LogP contribution in [0.3, 0.4) is 0 Å². The molecule has 0 unspecified atom stereocenters. The Morgan fingerprint density at radius 3 is 2.53 bits per heavy atom. The molecule has 0 bridgehead atoms. The topological polar surface area (TPSA) is 131 Å². The van der Waals surface area contributed by atoms with E-state index in [0.29, 0.717) is 11.3 Å². The molecule has 9 nitrogen and oxygen atoms in total. The van der Waals surface area contributed by atoms with E-state index in [1.54, 1.807) is 0 Å². The van der Waals surface area contributed by atoms with Crippen molar-refractivity contribution < 1.29 is 38.0 Å². The molecule has 0 aliphatic rings. The third kappa shape index (κ3) is 8.00. The maximum absolute atomic E-state index is 13.5. The van der Waals surface area contributed by atoms with Crippen LogP contribution in [0.25, 0.3) is 23.2 Å². The van der Waals surface area contributed by atoms with Crippen LogP contribution in [0.5, 0.6) is 6.01 Å². The van der Waals surface area contributed by atoms with E-state index in [9.17, 15) is 28.2 Å². The van der Waals surface area contributed by atoms with Crippen molar-refractivity contribution in [2.24, 2.45) is 0 Å². The summed E-state index contributed by atoms with van der Waals surface area (Å²) in [6, 6.07) is 6.33. The molecule has 0 saturated carbocycles. The number of rotatable bonds is 10. The van der Waals surface area contributed by atoms with Crippen LogP contribution >= 0.6 is 0 Å². The second kappa shape index (κ2) is 13.5. The third-order valence-corrected chi connectivity index (χ3v) is 5.39. The first-order valence-electron chi connectivity index (χ1n) is 11.3. The molecule has 2 heterocycles. The second-order valence-corrected chi connectivity index (χ2v) is 8.61. The Hall–Kier alpha value is -2.51. The number of carboxylic acid groups (broad SMARTS) is 1. The number of benzene rings is 1. The normalized spacial score (nSPS) is 13.4. The van der Waals surface area contributed by atoms with Gasteiger partial charge in [-0.1, -0.05) is 38.1 Å². The summed E-state index contributed by atoms with van der Waals surface area (Å²) in [6.07, 6.45) is -3.57. The molecule has 202 valence electrons. The number of hydrogen-bond acceptors (Lipinski definition) is 7. The average Bonchev–Trinajstić information content (AvgIpc) is 3.21. The van der Waals surface area contributed by atoms with Crippen LogP contribution in [0.15, 0.2) is 42.6 Å². The quantitative estimate of drug-likeness (QED) is 0.321. The van der Waals surface area contributed by atoms with Crippen molar-refractivity contribution in [2.45, 2.75) is 51.0 Å². The number of methoxy groups -OCH3 is 1. The van der Waals surface area contributed by atoms with Gasteiger partial charge in [0.1, 0.15) is 0 Å². The molecule has 0 fully saturated rings. The monoisotopic (exact) mass is 562 g/mol. The molecule has 1 aromatic carbocycles. The zero-order chi connectivity index (χ0) is 27.3. The van der Waals surface area contributed by atoms with Gasteiger partial charge in [0, 0.05) is 29.8 Å². The van der Waals surface area contributed by atoms with E-state index >= 15 is 0 Å². The zero-order valence-electron chi connectivity index (χ0n) is 20.3. The van der Waals surface area contributed by atoms with Crippen LogP contribution in [0.2, 0.25) is 0 Å². The van der Waals surface area contributed by atoms with Gasteiger partial charge >= 0.3 is 55.9 Å². The van der Waals surface area contributed by atoms with Crippen molar-refractivity contribution in [1.82, 2.24) is 19.7 Å². The molecule has 0 aliphatic heterocycles. The van der Waals surface area contributed by atoms with E-state index in [1.807, 2.05) is 13.8 Å². The van der Waals surface area contributed by atoms with Crippen molar-refractivity contribution in [3.63, 3.8) is 0 Å². The number of aliphatic carboxylic acids is 1. The molecule has 2 atom stereocenters. The summed E-state index contributed by atoms with van der Waals surface area (Å²) in [4.78, 5) is 19.0. The Morgan fingerprint density at radius 2 is 1.92 bits per heavy atom. The molecule has 0 saturated heterocycles. The van der Waals surface area contributed by atoms with Gasteiger partial charge in [-0.3, -0.25) is 4.79 Å². The Labute approximate surface area is 247 Å². The van der Waals surface area contributed by atoms with Crippen molar-refractivity contribution in [3.8, 4) is 23.1 Å². The van der Waals surface area contributed by atoms with E-state index in [1.165, 1.54) is 48.3 Å². The number of aliphatic hydroxyl groups is 2. The summed E-state index contributed by atoms with van der Waals surface area (Å²) in [5, 5.41) is 33.7. The fourth-order valence-corrected chi connectivity index (χ4v) is 3.72. The van der Waals surface area contributed by atoms with Crippen molar-refractivity contribution in [3.05, 3.63) is 59.4 Å². The molecule has 0 aliphatic carbocycles. The maximum atomic E-state index is 13.5. The summed E-state index contributed by atoms with van der Waals surface area (Å²) < 4.78 is 47.1. The number of hydrogen-bond donors (Lipinski definition) is 3. The van der Waals surface area contributed by atoms with Gasteiger partial charge < -0.3 is 20.1 Å². The Morgan fingerprint density at radius 1 is 1.21 bits per heavy atom. The third-order valence-electron chi connectivity index (χ3n) is 5.39. The van der Waals surface area contributed by atoms with Gasteiger partial charge in [-0.05, 0) is 18.1 Å². The van der Waals surface area contributed by atoms with E-state index in [-0.39, 0.29) is 73.2 Å². The number of aliphatic hydroxyl groups excluding tert-OH is 2. The van der Waals surface area contributed by atoms with E-state index < -0.39 is 36.3 Å². The predicted molar refractivity (Wildman–Crippen MR) is 137 cm³/mol. The average molecular weight is 563 g/mol. The summed E-state index contributed by atoms with van der Waals surface area (Å²) in [7, 11) is 1.38. The van der Waals surface area contributed by atoms with E-state index in [0.717, 1.165) is 12.1 Å². The summed E-state index contributed by atoms with van der Waals surface area (Å²) in [6.45, 7) is 3.71. The minimum absolute atomic E-state index is 0. The molecule has 3 N–H and O–H groups in total. The summed E-state index contributed by atoms with van der Waals surface area (Å²) in [5.74, 6) is -1.14. The minimum atomic E-state index is -4.58. The molecular weight excluding hydrogens is 533 g/mol. The fraction of sp³-hybridized carbons (Fsp3) is 0.360. The number of alkyl halides is 3. The number of carboxylic acids is 1. The van der Waals surface area contributed by atoms with Gasteiger partial charge in [-0.2, -0.15) is 23.3 Å². The van der Waals surface area contributed by atoms with Crippen LogP contribution in [-0.4, -0.2) is 98.1 Å². The van der Waals surface area contributed by atoms with E-state index in [2.05, 4.69) is 15.1 Å². The standard InChI is InChI=1S/C25H27F3N4O5.Ca.2H/c1-14(2)22-19(8-7-17(33)12-18(34)13-21(35)36)23(15-5-4-6-16(11-15)25(26,27)28)32(31-22)20-9-10-29-24(30-20)37-3;;;/h4-11,14,17-18,33-34H,12-13H2,1-3H3,(H,35,36);;;/b8-7+;;;/t17-,18-;;;/m1.../s1. The first-order chi connectivity index (χ1) is 17.4. The number of nitrogens with zero attached hydrogens (tertiary/aromatic N) is 4. The number of ether oxygens (including phenoxy) is 1. The molecule has 3 rings (SSSR count). The van der Waals surface area contributed by atoms with Gasteiger partial charge in [0.25, 0.3) is 0 Å². The van der Waals surface area contributed by atoms with Gasteiger partial charge in [0.05, 0.1) is 42.7 Å².